The van der Waals surface area contributed by atoms with E-state index in [0.29, 0.717) is 24.3 Å². The molecular weight excluding hydrogens is 216 g/mol. The number of hydrogen-bond acceptors (Lipinski definition) is 3. The third-order valence-corrected chi connectivity index (χ3v) is 3.42. The molecule has 0 heterocycles. The Bertz CT molecular complexity index is 336. The Labute approximate surface area is 103 Å². The second-order valence-electron chi connectivity index (χ2n) is 5.98. The summed E-state index contributed by atoms with van der Waals surface area (Å²) in [5.41, 5.74) is 0.491. The highest BCUT2D eigenvalue weighted by molar-refractivity contribution is 5.91. The molecule has 0 amide bonds. The summed E-state index contributed by atoms with van der Waals surface area (Å²) in [4.78, 5) is 23.2. The van der Waals surface area contributed by atoms with Gasteiger partial charge in [0.15, 0.2) is 11.9 Å². The number of ketones is 1. The van der Waals surface area contributed by atoms with Gasteiger partial charge in [-0.25, -0.2) is 4.79 Å². The molecule has 3 nitrogen and oxygen atoms in total. The number of carbonyl (C=O) groups is 2. The average Bonchev–Trinajstić information content (AvgIpc) is 2.19. The lowest BCUT2D eigenvalue weighted by atomic mass is 9.71. The molecular formula is C14H22O3. The maximum absolute atomic E-state index is 11.7. The summed E-state index contributed by atoms with van der Waals surface area (Å²) in [6.45, 7) is 11.6. The minimum Gasteiger partial charge on any atom is -0.451 e. The van der Waals surface area contributed by atoms with E-state index < -0.39 is 12.1 Å². The van der Waals surface area contributed by atoms with E-state index in [0.717, 1.165) is 6.42 Å². The van der Waals surface area contributed by atoms with Crippen LogP contribution < -0.4 is 0 Å². The van der Waals surface area contributed by atoms with Gasteiger partial charge in [0.1, 0.15) is 0 Å². The fourth-order valence-corrected chi connectivity index (χ4v) is 2.12. The molecule has 1 aliphatic carbocycles. The van der Waals surface area contributed by atoms with Crippen molar-refractivity contribution >= 4 is 11.8 Å². The SMILES string of the molecule is C=C(C)C(=O)OC1CC(C(C)(C)C)CCC1=O. The zero-order valence-corrected chi connectivity index (χ0v) is 11.2. The summed E-state index contributed by atoms with van der Waals surface area (Å²) >= 11 is 0. The van der Waals surface area contributed by atoms with Crippen LogP contribution in [0.15, 0.2) is 12.2 Å². The van der Waals surface area contributed by atoms with Crippen LogP contribution in [0, 0.1) is 11.3 Å². The van der Waals surface area contributed by atoms with E-state index in [1.165, 1.54) is 0 Å². The van der Waals surface area contributed by atoms with E-state index in [1.54, 1.807) is 6.92 Å². The van der Waals surface area contributed by atoms with E-state index in [-0.39, 0.29) is 11.2 Å². The summed E-state index contributed by atoms with van der Waals surface area (Å²) in [7, 11) is 0. The molecule has 2 atom stereocenters. The maximum atomic E-state index is 11.7. The molecule has 1 fully saturated rings. The summed E-state index contributed by atoms with van der Waals surface area (Å²) in [5.74, 6) is 0.00105. The van der Waals surface area contributed by atoms with Crippen LogP contribution >= 0.6 is 0 Å². The normalized spacial score (nSPS) is 25.5. The lowest BCUT2D eigenvalue weighted by Gasteiger charge is -2.36. The minimum absolute atomic E-state index is 0.0418. The van der Waals surface area contributed by atoms with Crippen LogP contribution in [-0.4, -0.2) is 17.9 Å². The summed E-state index contributed by atoms with van der Waals surface area (Å²) in [6.07, 6.45) is 1.47. The standard InChI is InChI=1S/C14H22O3/c1-9(2)13(16)17-12-8-10(14(3,4)5)6-7-11(12)15/h10,12H,1,6-8H2,2-5H3. The van der Waals surface area contributed by atoms with Crippen molar-refractivity contribution in [3.05, 3.63) is 12.2 Å². The number of hydrogen-bond donors (Lipinski definition) is 0. The second kappa shape index (κ2) is 5.03. The maximum Gasteiger partial charge on any atom is 0.333 e. The quantitative estimate of drug-likeness (QED) is 0.549. The van der Waals surface area contributed by atoms with E-state index in [4.69, 9.17) is 4.74 Å². The van der Waals surface area contributed by atoms with Crippen LogP contribution in [0.2, 0.25) is 0 Å². The molecule has 2 unspecified atom stereocenters. The first kappa shape index (κ1) is 13.9. The van der Waals surface area contributed by atoms with Crippen LogP contribution in [0.25, 0.3) is 0 Å². The van der Waals surface area contributed by atoms with Gasteiger partial charge >= 0.3 is 5.97 Å². The molecule has 0 spiro atoms. The lowest BCUT2D eigenvalue weighted by Crippen LogP contribution is -2.38. The van der Waals surface area contributed by atoms with Gasteiger partial charge in [-0.1, -0.05) is 27.4 Å². The van der Waals surface area contributed by atoms with Gasteiger partial charge in [-0.2, -0.15) is 0 Å². The largest absolute Gasteiger partial charge is 0.451 e. The highest BCUT2D eigenvalue weighted by atomic mass is 16.5. The van der Waals surface area contributed by atoms with Crippen LogP contribution in [0.5, 0.6) is 0 Å². The van der Waals surface area contributed by atoms with Crippen LogP contribution in [0.1, 0.15) is 47.0 Å². The van der Waals surface area contributed by atoms with Gasteiger partial charge in [0.2, 0.25) is 0 Å². The molecule has 17 heavy (non-hydrogen) atoms. The zero-order valence-electron chi connectivity index (χ0n) is 11.2. The average molecular weight is 238 g/mol. The van der Waals surface area contributed by atoms with E-state index in [1.807, 2.05) is 0 Å². The van der Waals surface area contributed by atoms with Crippen molar-refractivity contribution in [2.45, 2.75) is 53.1 Å². The third-order valence-electron chi connectivity index (χ3n) is 3.42. The molecule has 1 aliphatic rings. The first-order chi connectivity index (χ1) is 7.71. The molecule has 0 aliphatic heterocycles. The van der Waals surface area contributed by atoms with Crippen LogP contribution in [0.4, 0.5) is 0 Å². The molecule has 0 bridgehead atoms. The van der Waals surface area contributed by atoms with Crippen molar-refractivity contribution in [3.63, 3.8) is 0 Å². The first-order valence-electron chi connectivity index (χ1n) is 6.11. The fraction of sp³-hybridized carbons (Fsp3) is 0.714. The van der Waals surface area contributed by atoms with Gasteiger partial charge in [0.05, 0.1) is 0 Å². The van der Waals surface area contributed by atoms with E-state index in [9.17, 15) is 9.59 Å². The Morgan fingerprint density at radius 2 is 2.00 bits per heavy atom. The molecule has 96 valence electrons. The molecule has 1 rings (SSSR count). The molecule has 3 heteroatoms. The van der Waals surface area contributed by atoms with Crippen molar-refractivity contribution in [3.8, 4) is 0 Å². The number of Topliss-reactive ketones (excluding diaryl/α,β-unsaturated/α-hetero) is 1. The van der Waals surface area contributed by atoms with Gasteiger partial charge in [-0.15, -0.1) is 0 Å². The molecule has 0 N–H and O–H groups in total. The molecule has 0 radical (unpaired) electrons. The highest BCUT2D eigenvalue weighted by Crippen LogP contribution is 2.37. The highest BCUT2D eigenvalue weighted by Gasteiger charge is 2.36. The predicted molar refractivity (Wildman–Crippen MR) is 66.5 cm³/mol. The van der Waals surface area contributed by atoms with Gasteiger partial charge in [-0.3, -0.25) is 4.79 Å². The van der Waals surface area contributed by atoms with Crippen LogP contribution in [-0.2, 0) is 14.3 Å². The van der Waals surface area contributed by atoms with Gasteiger partial charge in [-0.05, 0) is 31.1 Å². The fourth-order valence-electron chi connectivity index (χ4n) is 2.12. The van der Waals surface area contributed by atoms with Crippen molar-refractivity contribution in [2.24, 2.45) is 11.3 Å². The Hall–Kier alpha value is -1.12. The predicted octanol–water partition coefficient (Wildman–Crippen LogP) is 2.89. The summed E-state index contributed by atoms with van der Waals surface area (Å²) < 4.78 is 5.20. The van der Waals surface area contributed by atoms with Gasteiger partial charge in [0, 0.05) is 12.0 Å². The van der Waals surface area contributed by atoms with Crippen LogP contribution in [0.3, 0.4) is 0 Å². The Balaban J connectivity index is 2.67. The van der Waals surface area contributed by atoms with E-state index >= 15 is 0 Å². The Morgan fingerprint density at radius 3 is 2.47 bits per heavy atom. The lowest BCUT2D eigenvalue weighted by molar-refractivity contribution is -0.155. The zero-order chi connectivity index (χ0) is 13.2. The van der Waals surface area contributed by atoms with Gasteiger partial charge in [0.25, 0.3) is 0 Å². The number of rotatable bonds is 2. The smallest absolute Gasteiger partial charge is 0.333 e. The van der Waals surface area contributed by atoms with Crippen molar-refractivity contribution < 1.29 is 14.3 Å². The minimum atomic E-state index is -0.572. The number of ether oxygens (including phenoxy) is 1. The monoisotopic (exact) mass is 238 g/mol. The third kappa shape index (κ3) is 3.69. The van der Waals surface area contributed by atoms with Crippen molar-refractivity contribution in [1.82, 2.24) is 0 Å². The molecule has 0 aromatic heterocycles. The summed E-state index contributed by atoms with van der Waals surface area (Å²) in [6, 6.07) is 0. The summed E-state index contributed by atoms with van der Waals surface area (Å²) in [5, 5.41) is 0. The Kier molecular flexibility index (Phi) is 4.12. The van der Waals surface area contributed by atoms with Crippen molar-refractivity contribution in [2.75, 3.05) is 0 Å². The number of carbonyl (C=O) groups excluding carboxylic acids is 2. The number of esters is 1. The second-order valence-corrected chi connectivity index (χ2v) is 5.98. The van der Waals surface area contributed by atoms with E-state index in [2.05, 4.69) is 27.4 Å². The van der Waals surface area contributed by atoms with Crippen molar-refractivity contribution in [1.29, 1.82) is 0 Å². The topological polar surface area (TPSA) is 43.4 Å². The Morgan fingerprint density at radius 1 is 1.41 bits per heavy atom. The molecule has 0 saturated heterocycles. The molecule has 0 aromatic carbocycles. The molecule has 1 saturated carbocycles. The first-order valence-corrected chi connectivity index (χ1v) is 6.11. The van der Waals surface area contributed by atoms with Gasteiger partial charge < -0.3 is 4.74 Å². The molecule has 0 aromatic rings.